The predicted molar refractivity (Wildman–Crippen MR) is 47.3 cm³/mol. The molecular formula is C8H9NO2S. The number of aryl methyl sites for hydroxylation is 1. The summed E-state index contributed by atoms with van der Waals surface area (Å²) in [5.41, 5.74) is 0. The summed E-state index contributed by atoms with van der Waals surface area (Å²) in [6.07, 6.45) is 1.72. The molecule has 12 heavy (non-hydrogen) atoms. The molecule has 0 unspecified atom stereocenters. The molecule has 0 spiro atoms. The lowest BCUT2D eigenvalue weighted by Crippen LogP contribution is -2.05. The van der Waals surface area contributed by atoms with Crippen LogP contribution < -0.4 is 4.74 Å². The highest BCUT2D eigenvalue weighted by atomic mass is 32.1. The third-order valence-electron chi connectivity index (χ3n) is 1.13. The fourth-order valence-corrected chi connectivity index (χ4v) is 1.18. The largest absolute Gasteiger partial charge is 0.406 e. The average Bonchev–Trinajstić information content (AvgIpc) is 2.36. The fourth-order valence-electron chi connectivity index (χ4n) is 0.667. The molecule has 0 bridgehead atoms. The van der Waals surface area contributed by atoms with E-state index in [9.17, 15) is 4.79 Å². The van der Waals surface area contributed by atoms with E-state index in [-0.39, 0.29) is 12.4 Å². The fraction of sp³-hybridized carbons (Fsp3) is 0.250. The molecule has 0 radical (unpaired) electrons. The van der Waals surface area contributed by atoms with Crippen molar-refractivity contribution in [1.82, 2.24) is 4.98 Å². The molecule has 0 aliphatic rings. The van der Waals surface area contributed by atoms with Crippen LogP contribution in [0.25, 0.3) is 0 Å². The Balaban J connectivity index is 2.52. The monoisotopic (exact) mass is 183 g/mol. The Morgan fingerprint density at radius 2 is 2.67 bits per heavy atom. The van der Waals surface area contributed by atoms with Crippen molar-refractivity contribution in [3.05, 3.63) is 23.0 Å². The first-order chi connectivity index (χ1) is 5.72. The number of carbonyl (C=O) groups is 1. The molecule has 1 aromatic heterocycles. The van der Waals surface area contributed by atoms with Crippen molar-refractivity contribution < 1.29 is 9.53 Å². The third-order valence-corrected chi connectivity index (χ3v) is 1.88. The highest BCUT2D eigenvalue weighted by Gasteiger charge is 2.04. The number of rotatable bonds is 3. The molecule has 4 heteroatoms. The number of nitrogens with zero attached hydrogens (tertiary/aromatic N) is 1. The minimum Gasteiger partial charge on any atom is -0.406 e. The van der Waals surface area contributed by atoms with E-state index < -0.39 is 0 Å². The van der Waals surface area contributed by atoms with E-state index in [2.05, 4.69) is 11.6 Å². The lowest BCUT2D eigenvalue weighted by molar-refractivity contribution is -0.133. The Kier molecular flexibility index (Phi) is 2.99. The van der Waals surface area contributed by atoms with Gasteiger partial charge in [0.05, 0.1) is 16.8 Å². The first kappa shape index (κ1) is 8.93. The number of hydrogen-bond donors (Lipinski definition) is 0. The third kappa shape index (κ3) is 2.47. The van der Waals surface area contributed by atoms with Gasteiger partial charge in [0.15, 0.2) is 0 Å². The molecule has 0 atom stereocenters. The minimum absolute atomic E-state index is 0.219. The second-order valence-electron chi connectivity index (χ2n) is 2.17. The molecule has 0 saturated carbocycles. The first-order valence-electron chi connectivity index (χ1n) is 3.46. The summed E-state index contributed by atoms with van der Waals surface area (Å²) in [5.74, 6) is 0.0552. The molecule has 64 valence electrons. The van der Waals surface area contributed by atoms with E-state index >= 15 is 0 Å². The van der Waals surface area contributed by atoms with Gasteiger partial charge in [-0.1, -0.05) is 6.08 Å². The normalized spacial score (nSPS) is 9.42. The van der Waals surface area contributed by atoms with Gasteiger partial charge in [-0.05, 0) is 6.92 Å². The SMILES string of the molecule is C=CCC(=O)Oc1csc(C)n1. The van der Waals surface area contributed by atoms with Crippen LogP contribution in [0.1, 0.15) is 11.4 Å². The van der Waals surface area contributed by atoms with Crippen LogP contribution in [0.15, 0.2) is 18.0 Å². The molecule has 0 aromatic carbocycles. The summed E-state index contributed by atoms with van der Waals surface area (Å²) in [6, 6.07) is 0. The first-order valence-corrected chi connectivity index (χ1v) is 4.34. The second-order valence-corrected chi connectivity index (χ2v) is 3.23. The Hall–Kier alpha value is -1.16. The lowest BCUT2D eigenvalue weighted by Gasteiger charge is -1.95. The Morgan fingerprint density at radius 3 is 3.17 bits per heavy atom. The number of esters is 1. The van der Waals surface area contributed by atoms with Gasteiger partial charge in [0, 0.05) is 0 Å². The highest BCUT2D eigenvalue weighted by molar-refractivity contribution is 7.09. The van der Waals surface area contributed by atoms with Crippen LogP contribution in [0.2, 0.25) is 0 Å². The number of thiazole rings is 1. The molecule has 0 saturated heterocycles. The Bertz CT molecular complexity index is 293. The summed E-state index contributed by atoms with van der Waals surface area (Å²) in [6.45, 7) is 5.29. The second kappa shape index (κ2) is 4.01. The zero-order valence-corrected chi connectivity index (χ0v) is 7.56. The number of ether oxygens (including phenoxy) is 1. The van der Waals surface area contributed by atoms with Gasteiger partial charge in [0.25, 0.3) is 0 Å². The molecular weight excluding hydrogens is 174 g/mol. The van der Waals surface area contributed by atoms with Gasteiger partial charge in [0.1, 0.15) is 0 Å². The van der Waals surface area contributed by atoms with Gasteiger partial charge in [-0.15, -0.1) is 17.9 Å². The molecule has 0 amide bonds. The van der Waals surface area contributed by atoms with Gasteiger partial charge in [-0.25, -0.2) is 4.98 Å². The smallest absolute Gasteiger partial charge is 0.316 e. The van der Waals surface area contributed by atoms with Crippen molar-refractivity contribution in [2.24, 2.45) is 0 Å². The van der Waals surface area contributed by atoms with Gasteiger partial charge in [-0.2, -0.15) is 0 Å². The van der Waals surface area contributed by atoms with E-state index in [4.69, 9.17) is 4.74 Å². The van der Waals surface area contributed by atoms with E-state index in [0.717, 1.165) is 5.01 Å². The molecule has 0 N–H and O–H groups in total. The van der Waals surface area contributed by atoms with E-state index in [0.29, 0.717) is 5.88 Å². The van der Waals surface area contributed by atoms with Crippen molar-refractivity contribution in [3.63, 3.8) is 0 Å². The number of aromatic nitrogens is 1. The Labute approximate surface area is 74.7 Å². The summed E-state index contributed by atoms with van der Waals surface area (Å²) < 4.78 is 4.86. The zero-order chi connectivity index (χ0) is 8.97. The van der Waals surface area contributed by atoms with E-state index in [1.165, 1.54) is 17.4 Å². The predicted octanol–water partition coefficient (Wildman–Crippen LogP) is 1.93. The summed E-state index contributed by atoms with van der Waals surface area (Å²) in [7, 11) is 0. The number of hydrogen-bond acceptors (Lipinski definition) is 4. The van der Waals surface area contributed by atoms with Crippen molar-refractivity contribution in [2.45, 2.75) is 13.3 Å². The minimum atomic E-state index is -0.324. The Morgan fingerprint density at radius 1 is 1.92 bits per heavy atom. The van der Waals surface area contributed by atoms with E-state index in [1.807, 2.05) is 6.92 Å². The lowest BCUT2D eigenvalue weighted by atomic mass is 10.4. The maximum Gasteiger partial charge on any atom is 0.316 e. The van der Waals surface area contributed by atoms with Gasteiger partial charge in [0.2, 0.25) is 5.88 Å². The van der Waals surface area contributed by atoms with Crippen molar-refractivity contribution in [3.8, 4) is 5.88 Å². The van der Waals surface area contributed by atoms with Crippen LogP contribution in [0.3, 0.4) is 0 Å². The molecule has 0 aliphatic heterocycles. The maximum absolute atomic E-state index is 10.9. The van der Waals surface area contributed by atoms with Crippen molar-refractivity contribution >= 4 is 17.3 Å². The van der Waals surface area contributed by atoms with Crippen LogP contribution in [-0.2, 0) is 4.79 Å². The van der Waals surface area contributed by atoms with E-state index in [1.54, 1.807) is 5.38 Å². The molecule has 1 rings (SSSR count). The zero-order valence-electron chi connectivity index (χ0n) is 6.74. The van der Waals surface area contributed by atoms with Crippen LogP contribution in [0.5, 0.6) is 5.88 Å². The van der Waals surface area contributed by atoms with Crippen LogP contribution in [0, 0.1) is 6.92 Å². The van der Waals surface area contributed by atoms with Crippen LogP contribution >= 0.6 is 11.3 Å². The van der Waals surface area contributed by atoms with Gasteiger partial charge in [-0.3, -0.25) is 4.79 Å². The highest BCUT2D eigenvalue weighted by Crippen LogP contribution is 2.15. The van der Waals surface area contributed by atoms with Crippen LogP contribution in [-0.4, -0.2) is 11.0 Å². The van der Waals surface area contributed by atoms with Crippen molar-refractivity contribution in [1.29, 1.82) is 0 Å². The summed E-state index contributed by atoms with van der Waals surface area (Å²) in [4.78, 5) is 14.9. The van der Waals surface area contributed by atoms with Crippen molar-refractivity contribution in [2.75, 3.05) is 0 Å². The van der Waals surface area contributed by atoms with Gasteiger partial charge >= 0.3 is 5.97 Å². The standard InChI is InChI=1S/C8H9NO2S/c1-3-4-8(10)11-7-5-12-6(2)9-7/h3,5H,1,4H2,2H3. The number of carbonyl (C=O) groups excluding carboxylic acids is 1. The quantitative estimate of drug-likeness (QED) is 0.531. The summed E-state index contributed by atoms with van der Waals surface area (Å²) in [5, 5.41) is 2.59. The van der Waals surface area contributed by atoms with Crippen LogP contribution in [0.4, 0.5) is 0 Å². The average molecular weight is 183 g/mol. The summed E-state index contributed by atoms with van der Waals surface area (Å²) >= 11 is 1.45. The topological polar surface area (TPSA) is 39.2 Å². The maximum atomic E-state index is 10.9. The molecule has 1 heterocycles. The molecule has 0 fully saturated rings. The molecule has 1 aromatic rings. The molecule has 0 aliphatic carbocycles. The molecule has 3 nitrogen and oxygen atoms in total. The van der Waals surface area contributed by atoms with Gasteiger partial charge < -0.3 is 4.74 Å².